The summed E-state index contributed by atoms with van der Waals surface area (Å²) in [5, 5.41) is 2.56. The minimum absolute atomic E-state index is 0.00513. The second-order valence-corrected chi connectivity index (χ2v) is 3.63. The topological polar surface area (TPSA) is 42.0 Å². The van der Waals surface area contributed by atoms with Crippen molar-refractivity contribution in [3.63, 3.8) is 0 Å². The standard InChI is InChI=1S/C11H10ClFN2O/c1-3-4-7(2)15-11(16)9-5-8(13)6-14-10(9)12/h1,5-7H,4H2,2H3,(H,15,16). The van der Waals surface area contributed by atoms with Crippen LogP contribution >= 0.6 is 11.6 Å². The van der Waals surface area contributed by atoms with Crippen LogP contribution in [-0.2, 0) is 0 Å². The molecule has 0 aliphatic rings. The second kappa shape index (κ2) is 5.47. The molecule has 0 saturated heterocycles. The highest BCUT2D eigenvalue weighted by Gasteiger charge is 2.14. The van der Waals surface area contributed by atoms with Crippen LogP contribution in [0.5, 0.6) is 0 Å². The normalized spacial score (nSPS) is 11.6. The maximum absolute atomic E-state index is 12.9. The fourth-order valence-electron chi connectivity index (χ4n) is 1.11. The molecule has 1 unspecified atom stereocenters. The molecule has 1 aromatic rings. The molecule has 1 atom stereocenters. The average Bonchev–Trinajstić information content (AvgIpc) is 2.21. The van der Waals surface area contributed by atoms with Crippen molar-refractivity contribution in [2.45, 2.75) is 19.4 Å². The molecule has 0 bridgehead atoms. The van der Waals surface area contributed by atoms with Crippen LogP contribution in [0.2, 0.25) is 5.15 Å². The third-order valence-electron chi connectivity index (χ3n) is 1.85. The van der Waals surface area contributed by atoms with Crippen molar-refractivity contribution in [1.29, 1.82) is 0 Å². The van der Waals surface area contributed by atoms with E-state index in [4.69, 9.17) is 18.0 Å². The van der Waals surface area contributed by atoms with Gasteiger partial charge >= 0.3 is 0 Å². The molecule has 0 aromatic carbocycles. The van der Waals surface area contributed by atoms with Gasteiger partial charge in [-0.2, -0.15) is 0 Å². The minimum atomic E-state index is -0.612. The lowest BCUT2D eigenvalue weighted by molar-refractivity contribution is 0.0940. The van der Waals surface area contributed by atoms with Crippen molar-refractivity contribution in [2.75, 3.05) is 0 Å². The average molecular weight is 241 g/mol. The Kier molecular flexibility index (Phi) is 4.27. The van der Waals surface area contributed by atoms with Crippen molar-refractivity contribution in [2.24, 2.45) is 0 Å². The number of rotatable bonds is 3. The fraction of sp³-hybridized carbons (Fsp3) is 0.273. The van der Waals surface area contributed by atoms with Crippen molar-refractivity contribution < 1.29 is 9.18 Å². The summed E-state index contributed by atoms with van der Waals surface area (Å²) in [5.74, 6) is 1.31. The van der Waals surface area contributed by atoms with Crippen LogP contribution in [0.4, 0.5) is 4.39 Å². The van der Waals surface area contributed by atoms with E-state index >= 15 is 0 Å². The number of hydrogen-bond donors (Lipinski definition) is 1. The molecule has 1 heterocycles. The Morgan fingerprint density at radius 1 is 1.81 bits per heavy atom. The third kappa shape index (κ3) is 3.21. The molecule has 0 saturated carbocycles. The first kappa shape index (κ1) is 12.5. The zero-order valence-corrected chi connectivity index (χ0v) is 9.38. The second-order valence-electron chi connectivity index (χ2n) is 3.27. The first-order chi connectivity index (χ1) is 7.54. The van der Waals surface area contributed by atoms with Crippen molar-refractivity contribution in [3.8, 4) is 12.3 Å². The Morgan fingerprint density at radius 2 is 2.50 bits per heavy atom. The van der Waals surface area contributed by atoms with Gasteiger partial charge in [0.1, 0.15) is 11.0 Å². The van der Waals surface area contributed by atoms with E-state index in [1.165, 1.54) is 0 Å². The zero-order valence-electron chi connectivity index (χ0n) is 8.63. The van der Waals surface area contributed by atoms with E-state index in [-0.39, 0.29) is 16.8 Å². The first-order valence-corrected chi connectivity index (χ1v) is 4.97. The van der Waals surface area contributed by atoms with Gasteiger partial charge in [0.25, 0.3) is 5.91 Å². The van der Waals surface area contributed by atoms with Gasteiger partial charge in [-0.3, -0.25) is 4.79 Å². The number of nitrogens with zero attached hydrogens (tertiary/aromatic N) is 1. The van der Waals surface area contributed by atoms with Gasteiger partial charge in [0.05, 0.1) is 11.8 Å². The summed E-state index contributed by atoms with van der Waals surface area (Å²) in [6.45, 7) is 1.75. The smallest absolute Gasteiger partial charge is 0.254 e. The lowest BCUT2D eigenvalue weighted by Gasteiger charge is -2.11. The van der Waals surface area contributed by atoms with E-state index in [1.807, 2.05) is 0 Å². The molecule has 0 fully saturated rings. The molecule has 0 aliphatic heterocycles. The van der Waals surface area contributed by atoms with Crippen molar-refractivity contribution in [1.82, 2.24) is 10.3 Å². The molecular weight excluding hydrogens is 231 g/mol. The summed E-state index contributed by atoms with van der Waals surface area (Å²) in [5.41, 5.74) is 0.00513. The van der Waals surface area contributed by atoms with Crippen LogP contribution in [0.25, 0.3) is 0 Å². The van der Waals surface area contributed by atoms with Gasteiger partial charge in [-0.25, -0.2) is 9.37 Å². The number of carbonyl (C=O) groups excluding carboxylic acids is 1. The lowest BCUT2D eigenvalue weighted by atomic mass is 10.2. The number of pyridine rings is 1. The highest BCUT2D eigenvalue weighted by molar-refractivity contribution is 6.32. The van der Waals surface area contributed by atoms with Crippen molar-refractivity contribution in [3.05, 3.63) is 28.8 Å². The maximum atomic E-state index is 12.9. The molecule has 0 aliphatic carbocycles. The number of aromatic nitrogens is 1. The van der Waals surface area contributed by atoms with E-state index in [1.54, 1.807) is 6.92 Å². The van der Waals surface area contributed by atoms with E-state index < -0.39 is 11.7 Å². The van der Waals surface area contributed by atoms with Crippen LogP contribution in [0, 0.1) is 18.2 Å². The summed E-state index contributed by atoms with van der Waals surface area (Å²) in [7, 11) is 0. The van der Waals surface area contributed by atoms with Crippen LogP contribution in [0.15, 0.2) is 12.3 Å². The van der Waals surface area contributed by atoms with E-state index in [9.17, 15) is 9.18 Å². The Balaban J connectivity index is 2.81. The predicted molar refractivity (Wildman–Crippen MR) is 59.6 cm³/mol. The van der Waals surface area contributed by atoms with E-state index in [0.29, 0.717) is 6.42 Å². The van der Waals surface area contributed by atoms with Crippen LogP contribution in [0.1, 0.15) is 23.7 Å². The first-order valence-electron chi connectivity index (χ1n) is 4.60. The van der Waals surface area contributed by atoms with Crippen LogP contribution < -0.4 is 5.32 Å². The molecule has 0 radical (unpaired) electrons. The van der Waals surface area contributed by atoms with Crippen LogP contribution in [0.3, 0.4) is 0 Å². The molecular formula is C11H10ClFN2O. The Labute approximate surface area is 98.0 Å². The summed E-state index contributed by atoms with van der Waals surface area (Å²) in [4.78, 5) is 15.2. The molecule has 84 valence electrons. The number of nitrogens with one attached hydrogen (secondary N) is 1. The predicted octanol–water partition coefficient (Wildman–Crippen LogP) is 2.02. The highest BCUT2D eigenvalue weighted by Crippen LogP contribution is 2.13. The monoisotopic (exact) mass is 240 g/mol. The highest BCUT2D eigenvalue weighted by atomic mass is 35.5. The largest absolute Gasteiger partial charge is 0.349 e. The van der Waals surface area contributed by atoms with Gasteiger partial charge in [0.15, 0.2) is 0 Å². The quantitative estimate of drug-likeness (QED) is 0.649. The van der Waals surface area contributed by atoms with Gasteiger partial charge in [-0.05, 0) is 13.0 Å². The summed E-state index contributed by atoms with van der Waals surface area (Å²) < 4.78 is 12.9. The summed E-state index contributed by atoms with van der Waals surface area (Å²) >= 11 is 5.67. The van der Waals surface area contributed by atoms with Gasteiger partial charge in [-0.1, -0.05) is 11.6 Å². The minimum Gasteiger partial charge on any atom is -0.349 e. The number of terminal acetylenes is 1. The zero-order chi connectivity index (χ0) is 12.1. The number of halogens is 2. The Bertz CT molecular complexity index is 442. The Hall–Kier alpha value is -1.60. The van der Waals surface area contributed by atoms with Gasteiger partial charge in [-0.15, -0.1) is 12.3 Å². The molecule has 1 rings (SSSR count). The van der Waals surface area contributed by atoms with Gasteiger partial charge in [0.2, 0.25) is 0 Å². The third-order valence-corrected chi connectivity index (χ3v) is 2.15. The molecule has 5 heteroatoms. The number of hydrogen-bond acceptors (Lipinski definition) is 2. The van der Waals surface area contributed by atoms with Crippen LogP contribution in [-0.4, -0.2) is 16.9 Å². The fourth-order valence-corrected chi connectivity index (χ4v) is 1.30. The van der Waals surface area contributed by atoms with Gasteiger partial charge < -0.3 is 5.32 Å². The van der Waals surface area contributed by atoms with Crippen molar-refractivity contribution >= 4 is 17.5 Å². The molecule has 1 aromatic heterocycles. The number of amides is 1. The Morgan fingerprint density at radius 3 is 3.12 bits per heavy atom. The molecule has 1 amide bonds. The number of carbonyl (C=O) groups is 1. The van der Waals surface area contributed by atoms with E-state index in [2.05, 4.69) is 16.2 Å². The summed E-state index contributed by atoms with van der Waals surface area (Å²) in [6, 6.07) is 0.838. The molecule has 3 nitrogen and oxygen atoms in total. The maximum Gasteiger partial charge on any atom is 0.254 e. The molecule has 1 N–H and O–H groups in total. The van der Waals surface area contributed by atoms with E-state index in [0.717, 1.165) is 12.3 Å². The van der Waals surface area contributed by atoms with Gasteiger partial charge in [0, 0.05) is 12.5 Å². The SMILES string of the molecule is C#CCC(C)NC(=O)c1cc(F)cnc1Cl. The summed E-state index contributed by atoms with van der Waals surface area (Å²) in [6.07, 6.45) is 6.44. The molecule has 0 spiro atoms. The molecule has 16 heavy (non-hydrogen) atoms. The lowest BCUT2D eigenvalue weighted by Crippen LogP contribution is -2.32.